The van der Waals surface area contributed by atoms with Crippen molar-refractivity contribution in [1.29, 1.82) is 0 Å². The van der Waals surface area contributed by atoms with E-state index in [1.54, 1.807) is 0 Å². The lowest BCUT2D eigenvalue weighted by atomic mass is 10.1. The van der Waals surface area contributed by atoms with Crippen molar-refractivity contribution in [3.8, 4) is 0 Å². The summed E-state index contributed by atoms with van der Waals surface area (Å²) in [6.45, 7) is 0. The molecule has 0 fully saturated rings. The fraction of sp³-hybridized carbons (Fsp3) is 0.375. The van der Waals surface area contributed by atoms with Crippen LogP contribution in [0, 0.1) is 0 Å². The van der Waals surface area contributed by atoms with Gasteiger partial charge in [-0.25, -0.2) is 13.8 Å². The molecule has 0 unspecified atom stereocenters. The van der Waals surface area contributed by atoms with Crippen molar-refractivity contribution < 1.29 is 22.0 Å². The molecule has 2 nitrogen and oxygen atoms in total. The molecule has 0 saturated heterocycles. The molecule has 90 valence electrons. The van der Waals surface area contributed by atoms with Crippen molar-refractivity contribution in [3.63, 3.8) is 0 Å². The van der Waals surface area contributed by atoms with Crippen LogP contribution in [0.1, 0.15) is 23.2 Å². The molecule has 1 heterocycles. The molecule has 0 aliphatic carbocycles. The molecule has 1 rings (SSSR count). The van der Waals surface area contributed by atoms with Crippen LogP contribution in [0.15, 0.2) is 6.07 Å². The number of nitrogens with two attached hydrogens (primary N) is 1. The Morgan fingerprint density at radius 3 is 2.31 bits per heavy atom. The SMILES string of the molecule is Nc1cc(C(F)(F)F)c(C(F)F)c(CCl)n1. The Bertz CT molecular complexity index is 391. The maximum atomic E-state index is 12.5. The Hall–Kier alpha value is -1.11. The molecule has 0 atom stereocenters. The molecule has 0 amide bonds. The Labute approximate surface area is 92.2 Å². The summed E-state index contributed by atoms with van der Waals surface area (Å²) in [6.07, 6.45) is -8.22. The predicted octanol–water partition coefficient (Wildman–Crippen LogP) is 3.36. The van der Waals surface area contributed by atoms with E-state index in [0.717, 1.165) is 0 Å². The summed E-state index contributed by atoms with van der Waals surface area (Å²) in [7, 11) is 0. The van der Waals surface area contributed by atoms with Gasteiger partial charge in [0.15, 0.2) is 0 Å². The van der Waals surface area contributed by atoms with Gasteiger partial charge in [0.1, 0.15) is 5.82 Å². The van der Waals surface area contributed by atoms with Gasteiger partial charge in [0.25, 0.3) is 6.43 Å². The van der Waals surface area contributed by atoms with Crippen molar-refractivity contribution in [2.45, 2.75) is 18.5 Å². The van der Waals surface area contributed by atoms with Gasteiger partial charge < -0.3 is 5.73 Å². The summed E-state index contributed by atoms with van der Waals surface area (Å²) in [5, 5.41) is 0. The molecule has 0 aliphatic rings. The topological polar surface area (TPSA) is 38.9 Å². The Morgan fingerprint density at radius 2 is 1.94 bits per heavy atom. The molecule has 1 aromatic heterocycles. The minimum Gasteiger partial charge on any atom is -0.384 e. The van der Waals surface area contributed by atoms with Crippen LogP contribution in [-0.4, -0.2) is 4.98 Å². The summed E-state index contributed by atoms with van der Waals surface area (Å²) in [5.74, 6) is -1.05. The van der Waals surface area contributed by atoms with Crippen LogP contribution in [0.5, 0.6) is 0 Å². The minimum atomic E-state index is -4.91. The summed E-state index contributed by atoms with van der Waals surface area (Å²) in [6, 6.07) is 0.373. The predicted molar refractivity (Wildman–Crippen MR) is 48.2 cm³/mol. The first-order valence-electron chi connectivity index (χ1n) is 3.98. The zero-order chi connectivity index (χ0) is 12.5. The Kier molecular flexibility index (Phi) is 3.57. The first kappa shape index (κ1) is 13.0. The highest BCUT2D eigenvalue weighted by atomic mass is 35.5. The third kappa shape index (κ3) is 2.52. The van der Waals surface area contributed by atoms with E-state index in [2.05, 4.69) is 4.98 Å². The summed E-state index contributed by atoms with van der Waals surface area (Å²) in [5.41, 5.74) is 1.83. The number of hydrogen-bond donors (Lipinski definition) is 1. The van der Waals surface area contributed by atoms with Gasteiger partial charge in [0, 0.05) is 0 Å². The zero-order valence-corrected chi connectivity index (χ0v) is 8.41. The van der Waals surface area contributed by atoms with Crippen LogP contribution >= 0.6 is 11.6 Å². The maximum Gasteiger partial charge on any atom is 0.417 e. The van der Waals surface area contributed by atoms with Gasteiger partial charge in [-0.3, -0.25) is 0 Å². The molecular weight excluding hydrogens is 255 g/mol. The van der Waals surface area contributed by atoms with Crippen molar-refractivity contribution in [2.75, 3.05) is 5.73 Å². The number of alkyl halides is 6. The standard InChI is InChI=1S/C8H6ClF5N2/c9-2-4-6(7(10)11)3(8(12,13)14)1-5(15)16-4/h1,7H,2H2,(H2,15,16). The van der Waals surface area contributed by atoms with Gasteiger partial charge >= 0.3 is 6.18 Å². The second-order valence-corrected chi connectivity index (χ2v) is 3.15. The van der Waals surface area contributed by atoms with Gasteiger partial charge in [-0.2, -0.15) is 13.2 Å². The molecule has 0 aliphatic heterocycles. The summed E-state index contributed by atoms with van der Waals surface area (Å²) >= 11 is 5.25. The number of halogens is 6. The number of nitrogens with zero attached hydrogens (tertiary/aromatic N) is 1. The second-order valence-electron chi connectivity index (χ2n) is 2.89. The van der Waals surface area contributed by atoms with Gasteiger partial charge in [0.05, 0.1) is 22.7 Å². The monoisotopic (exact) mass is 260 g/mol. The van der Waals surface area contributed by atoms with Gasteiger partial charge in [0.2, 0.25) is 0 Å². The first-order chi connectivity index (χ1) is 7.27. The number of anilines is 1. The second kappa shape index (κ2) is 4.40. The fourth-order valence-electron chi connectivity index (χ4n) is 1.21. The van der Waals surface area contributed by atoms with Crippen LogP contribution in [0.25, 0.3) is 0 Å². The lowest BCUT2D eigenvalue weighted by molar-refractivity contribution is -0.139. The quantitative estimate of drug-likeness (QED) is 0.654. The van der Waals surface area contributed by atoms with Crippen LogP contribution in [0.2, 0.25) is 0 Å². The lowest BCUT2D eigenvalue weighted by Crippen LogP contribution is -2.14. The largest absolute Gasteiger partial charge is 0.417 e. The average Bonchev–Trinajstić information content (AvgIpc) is 2.14. The summed E-state index contributed by atoms with van der Waals surface area (Å²) in [4.78, 5) is 3.35. The van der Waals surface area contributed by atoms with Gasteiger partial charge in [-0.05, 0) is 6.07 Å². The molecule has 0 bridgehead atoms. The van der Waals surface area contributed by atoms with E-state index < -0.39 is 41.1 Å². The van der Waals surface area contributed by atoms with E-state index in [1.165, 1.54) is 0 Å². The molecule has 2 N–H and O–H groups in total. The van der Waals surface area contributed by atoms with Crippen molar-refractivity contribution in [2.24, 2.45) is 0 Å². The van der Waals surface area contributed by atoms with E-state index in [9.17, 15) is 22.0 Å². The maximum absolute atomic E-state index is 12.5. The number of pyridine rings is 1. The normalized spacial score (nSPS) is 12.2. The highest BCUT2D eigenvalue weighted by molar-refractivity contribution is 6.17. The highest BCUT2D eigenvalue weighted by Gasteiger charge is 2.37. The number of hydrogen-bond acceptors (Lipinski definition) is 2. The molecule has 16 heavy (non-hydrogen) atoms. The van der Waals surface area contributed by atoms with Crippen molar-refractivity contribution in [1.82, 2.24) is 4.98 Å². The highest BCUT2D eigenvalue weighted by Crippen LogP contribution is 2.38. The molecule has 0 aromatic carbocycles. The molecular formula is C8H6ClF5N2. The van der Waals surface area contributed by atoms with E-state index >= 15 is 0 Å². The Morgan fingerprint density at radius 1 is 1.38 bits per heavy atom. The number of rotatable bonds is 2. The van der Waals surface area contributed by atoms with Crippen molar-refractivity contribution >= 4 is 17.4 Å². The molecule has 0 spiro atoms. The molecule has 8 heteroatoms. The van der Waals surface area contributed by atoms with Crippen molar-refractivity contribution in [3.05, 3.63) is 22.9 Å². The number of nitrogen functional groups attached to an aromatic ring is 1. The smallest absolute Gasteiger partial charge is 0.384 e. The third-order valence-corrected chi connectivity index (χ3v) is 2.06. The van der Waals surface area contributed by atoms with Crippen LogP contribution in [0.4, 0.5) is 27.8 Å². The van der Waals surface area contributed by atoms with E-state index in [0.29, 0.717) is 6.07 Å². The zero-order valence-electron chi connectivity index (χ0n) is 7.65. The van der Waals surface area contributed by atoms with Gasteiger partial charge in [-0.1, -0.05) is 0 Å². The summed E-state index contributed by atoms with van der Waals surface area (Å²) < 4.78 is 62.3. The Balaban J connectivity index is 3.51. The molecule has 0 radical (unpaired) electrons. The average molecular weight is 261 g/mol. The van der Waals surface area contributed by atoms with Gasteiger partial charge in [-0.15, -0.1) is 11.6 Å². The molecule has 1 aromatic rings. The van der Waals surface area contributed by atoms with E-state index in [1.807, 2.05) is 0 Å². The number of aromatic nitrogens is 1. The van der Waals surface area contributed by atoms with E-state index in [4.69, 9.17) is 17.3 Å². The van der Waals surface area contributed by atoms with Crippen LogP contribution in [-0.2, 0) is 12.1 Å². The minimum absolute atomic E-state index is 0.373. The fourth-order valence-corrected chi connectivity index (χ4v) is 1.41. The first-order valence-corrected chi connectivity index (χ1v) is 4.51. The van der Waals surface area contributed by atoms with Crippen LogP contribution in [0.3, 0.4) is 0 Å². The van der Waals surface area contributed by atoms with Crippen LogP contribution < -0.4 is 5.73 Å². The third-order valence-electron chi connectivity index (χ3n) is 1.81. The van der Waals surface area contributed by atoms with E-state index in [-0.39, 0.29) is 0 Å². The lowest BCUT2D eigenvalue weighted by Gasteiger charge is -2.15. The molecule has 0 saturated carbocycles.